The van der Waals surface area contributed by atoms with Gasteiger partial charge in [-0.2, -0.15) is 0 Å². The van der Waals surface area contributed by atoms with Crippen molar-refractivity contribution in [3.8, 4) is 0 Å². The van der Waals surface area contributed by atoms with Gasteiger partial charge in [0, 0.05) is 12.1 Å². The molecule has 1 aliphatic rings. The zero-order valence-electron chi connectivity index (χ0n) is 12.6. The van der Waals surface area contributed by atoms with Gasteiger partial charge in [0.1, 0.15) is 0 Å². The van der Waals surface area contributed by atoms with Crippen molar-refractivity contribution >= 4 is 27.6 Å². The predicted octanol–water partition coefficient (Wildman–Crippen LogP) is 1.70. The summed E-state index contributed by atoms with van der Waals surface area (Å²) in [5.74, 6) is -1.16. The van der Waals surface area contributed by atoms with Gasteiger partial charge >= 0.3 is 5.97 Å². The highest BCUT2D eigenvalue weighted by Crippen LogP contribution is 2.44. The molecule has 0 heterocycles. The first-order valence-corrected chi connectivity index (χ1v) is 8.89. The Morgan fingerprint density at radius 3 is 2.17 bits per heavy atom. The van der Waals surface area contributed by atoms with E-state index in [9.17, 15) is 18.0 Å². The number of nitrogens with two attached hydrogens (primary N) is 1. The van der Waals surface area contributed by atoms with Crippen molar-refractivity contribution in [2.24, 2.45) is 10.6 Å². The van der Waals surface area contributed by atoms with Gasteiger partial charge in [-0.3, -0.25) is 9.59 Å². The fraction of sp³-hybridized carbons (Fsp3) is 0.467. The predicted molar refractivity (Wildman–Crippen MR) is 84.2 cm³/mol. The first-order chi connectivity index (χ1) is 10.7. The van der Waals surface area contributed by atoms with Crippen LogP contribution in [0.3, 0.4) is 0 Å². The number of rotatable bonds is 6. The summed E-state index contributed by atoms with van der Waals surface area (Å²) in [5, 5.41) is 16.7. The number of nitrogens with one attached hydrogen (secondary N) is 1. The Kier molecular flexibility index (Phi) is 5.06. The fourth-order valence-electron chi connectivity index (χ4n) is 3.14. The van der Waals surface area contributed by atoms with Gasteiger partial charge in [0.05, 0.1) is 11.3 Å². The smallest absolute Gasteiger partial charge is 0.303 e. The average Bonchev–Trinajstić information content (AvgIpc) is 2.85. The van der Waals surface area contributed by atoms with E-state index >= 15 is 0 Å². The lowest BCUT2D eigenvalue weighted by Gasteiger charge is -2.26. The van der Waals surface area contributed by atoms with Crippen LogP contribution in [0.5, 0.6) is 0 Å². The van der Waals surface area contributed by atoms with Gasteiger partial charge in [-0.15, -0.1) is 0 Å². The number of benzene rings is 1. The molecule has 0 aliphatic heterocycles. The Balaban J connectivity index is 2.02. The van der Waals surface area contributed by atoms with Gasteiger partial charge in [-0.25, -0.2) is 13.6 Å². The molecule has 1 amide bonds. The third-order valence-electron chi connectivity index (χ3n) is 4.19. The summed E-state index contributed by atoms with van der Waals surface area (Å²) in [6.45, 7) is 0. The molecular formula is C15H20N2O5S. The Bertz CT molecular complexity index is 691. The van der Waals surface area contributed by atoms with Gasteiger partial charge < -0.3 is 10.4 Å². The van der Waals surface area contributed by atoms with Crippen LogP contribution in [0.1, 0.15) is 38.5 Å². The zero-order valence-corrected chi connectivity index (χ0v) is 13.4. The molecule has 1 fully saturated rings. The molecule has 0 atom stereocenters. The molecule has 2 rings (SSSR count). The van der Waals surface area contributed by atoms with Crippen molar-refractivity contribution < 1.29 is 23.1 Å². The normalized spacial score (nSPS) is 16.9. The zero-order chi connectivity index (χ0) is 17.1. The number of sulfonamides is 1. The number of hydrogen-bond donors (Lipinski definition) is 3. The molecule has 8 heteroatoms. The van der Waals surface area contributed by atoms with E-state index in [4.69, 9.17) is 10.2 Å². The third-order valence-corrected chi connectivity index (χ3v) is 5.12. The number of hydrogen-bond acceptors (Lipinski definition) is 4. The van der Waals surface area contributed by atoms with Crippen LogP contribution in [-0.2, 0) is 19.6 Å². The van der Waals surface area contributed by atoms with Gasteiger partial charge in [-0.05, 0) is 42.5 Å². The minimum atomic E-state index is -3.77. The summed E-state index contributed by atoms with van der Waals surface area (Å²) in [6, 6.07) is 5.54. The monoisotopic (exact) mass is 340 g/mol. The second-order valence-electron chi connectivity index (χ2n) is 6.07. The van der Waals surface area contributed by atoms with Gasteiger partial charge in [0.25, 0.3) is 0 Å². The van der Waals surface area contributed by atoms with Gasteiger partial charge in [-0.1, -0.05) is 12.8 Å². The molecule has 1 saturated carbocycles. The number of aliphatic carboxylic acids is 1. The molecule has 7 nitrogen and oxygen atoms in total. The van der Waals surface area contributed by atoms with Crippen molar-refractivity contribution in [2.45, 2.75) is 43.4 Å². The molecule has 1 aromatic carbocycles. The van der Waals surface area contributed by atoms with Crippen LogP contribution in [0.25, 0.3) is 0 Å². The van der Waals surface area contributed by atoms with E-state index in [-0.39, 0.29) is 23.6 Å². The molecule has 0 bridgehead atoms. The van der Waals surface area contributed by atoms with Crippen LogP contribution in [0.2, 0.25) is 0 Å². The summed E-state index contributed by atoms with van der Waals surface area (Å²) < 4.78 is 22.4. The molecule has 1 aliphatic carbocycles. The second-order valence-corrected chi connectivity index (χ2v) is 7.63. The van der Waals surface area contributed by atoms with E-state index in [0.29, 0.717) is 5.69 Å². The molecule has 0 radical (unpaired) electrons. The van der Waals surface area contributed by atoms with E-state index < -0.39 is 21.4 Å². The van der Waals surface area contributed by atoms with E-state index in [1.54, 1.807) is 0 Å². The standard InChI is InChI=1S/C15H20N2O5S/c16-23(21,22)12-5-3-11(4-6-12)17-13(18)9-15(10-14(19)20)7-1-2-8-15/h3-6H,1-2,7-10H2,(H,17,18)(H,19,20)(H2,16,21,22). The maximum absolute atomic E-state index is 12.2. The van der Waals surface area contributed by atoms with Crippen LogP contribution in [0.4, 0.5) is 5.69 Å². The van der Waals surface area contributed by atoms with Crippen LogP contribution < -0.4 is 10.5 Å². The number of carboxylic acid groups (broad SMARTS) is 1. The average molecular weight is 340 g/mol. The molecular weight excluding hydrogens is 320 g/mol. The maximum atomic E-state index is 12.2. The molecule has 0 saturated heterocycles. The Morgan fingerprint density at radius 2 is 1.70 bits per heavy atom. The molecule has 126 valence electrons. The minimum Gasteiger partial charge on any atom is -0.481 e. The first-order valence-electron chi connectivity index (χ1n) is 7.35. The SMILES string of the molecule is NS(=O)(=O)c1ccc(NC(=O)CC2(CC(=O)O)CCCC2)cc1. The highest BCUT2D eigenvalue weighted by molar-refractivity contribution is 7.89. The maximum Gasteiger partial charge on any atom is 0.303 e. The summed E-state index contributed by atoms with van der Waals surface area (Å²) in [4.78, 5) is 23.2. The fourth-order valence-corrected chi connectivity index (χ4v) is 3.65. The van der Waals surface area contributed by atoms with Crippen LogP contribution in [0.15, 0.2) is 29.2 Å². The summed E-state index contributed by atoms with van der Waals surface area (Å²) in [7, 11) is -3.77. The summed E-state index contributed by atoms with van der Waals surface area (Å²) in [6.07, 6.45) is 3.47. The van der Waals surface area contributed by atoms with E-state index in [0.717, 1.165) is 25.7 Å². The quantitative estimate of drug-likeness (QED) is 0.726. The van der Waals surface area contributed by atoms with Crippen LogP contribution >= 0.6 is 0 Å². The molecule has 0 spiro atoms. The summed E-state index contributed by atoms with van der Waals surface area (Å²) in [5.41, 5.74) is -0.0259. The van der Waals surface area contributed by atoms with Crippen molar-refractivity contribution in [3.05, 3.63) is 24.3 Å². The van der Waals surface area contributed by atoms with Crippen molar-refractivity contribution in [2.75, 3.05) is 5.32 Å². The molecule has 1 aromatic rings. The molecule has 0 aromatic heterocycles. The summed E-state index contributed by atoms with van der Waals surface area (Å²) >= 11 is 0. The van der Waals surface area contributed by atoms with E-state index in [2.05, 4.69) is 5.32 Å². The highest BCUT2D eigenvalue weighted by atomic mass is 32.2. The first kappa shape index (κ1) is 17.4. The van der Waals surface area contributed by atoms with Gasteiger partial charge in [0.2, 0.25) is 15.9 Å². The van der Waals surface area contributed by atoms with Crippen LogP contribution in [-0.4, -0.2) is 25.4 Å². The lowest BCUT2D eigenvalue weighted by atomic mass is 9.79. The van der Waals surface area contributed by atoms with Crippen molar-refractivity contribution in [1.29, 1.82) is 0 Å². The number of carboxylic acids is 1. The number of anilines is 1. The molecule has 0 unspecified atom stereocenters. The van der Waals surface area contributed by atoms with Crippen molar-refractivity contribution in [1.82, 2.24) is 0 Å². The second kappa shape index (κ2) is 6.67. The van der Waals surface area contributed by atoms with Gasteiger partial charge in [0.15, 0.2) is 0 Å². The number of carbonyl (C=O) groups is 2. The Morgan fingerprint density at radius 1 is 1.13 bits per heavy atom. The topological polar surface area (TPSA) is 127 Å². The number of carbonyl (C=O) groups excluding carboxylic acids is 1. The van der Waals surface area contributed by atoms with E-state index in [1.807, 2.05) is 0 Å². The number of amides is 1. The minimum absolute atomic E-state index is 0.00915. The molecule has 4 N–H and O–H groups in total. The largest absolute Gasteiger partial charge is 0.481 e. The van der Waals surface area contributed by atoms with Crippen LogP contribution in [0, 0.1) is 5.41 Å². The lowest BCUT2D eigenvalue weighted by Crippen LogP contribution is -2.27. The highest BCUT2D eigenvalue weighted by Gasteiger charge is 2.37. The molecule has 23 heavy (non-hydrogen) atoms. The Hall–Kier alpha value is -1.93. The van der Waals surface area contributed by atoms with Crippen molar-refractivity contribution in [3.63, 3.8) is 0 Å². The van der Waals surface area contributed by atoms with E-state index in [1.165, 1.54) is 24.3 Å². The third kappa shape index (κ3) is 4.77. The Labute approximate surface area is 134 Å². The lowest BCUT2D eigenvalue weighted by molar-refractivity contribution is -0.140. The number of primary sulfonamides is 1.